The Bertz CT molecular complexity index is 736. The first-order valence-electron chi connectivity index (χ1n) is 9.03. The van der Waals surface area contributed by atoms with Gasteiger partial charge >= 0.3 is 0 Å². The second kappa shape index (κ2) is 7.72. The summed E-state index contributed by atoms with van der Waals surface area (Å²) < 4.78 is 7.91. The molecule has 0 radical (unpaired) electrons. The molecular weight excluding hydrogens is 314 g/mol. The number of aromatic nitrogens is 2. The molecule has 1 aromatic heterocycles. The molecule has 3 rings (SSSR count). The van der Waals surface area contributed by atoms with Crippen molar-refractivity contribution in [2.75, 3.05) is 6.61 Å². The number of nitrogens with one attached hydrogen (secondary N) is 1. The molecule has 2 aromatic rings. The number of benzene rings is 1. The van der Waals surface area contributed by atoms with Crippen molar-refractivity contribution in [2.45, 2.75) is 46.7 Å². The van der Waals surface area contributed by atoms with Crippen molar-refractivity contribution in [1.82, 2.24) is 14.9 Å². The topological polar surface area (TPSA) is 56.2 Å². The molecule has 0 spiro atoms. The molecule has 0 saturated heterocycles. The van der Waals surface area contributed by atoms with Gasteiger partial charge in [-0.05, 0) is 43.4 Å². The molecule has 1 unspecified atom stereocenters. The molecular formula is C20H27N3O2. The Labute approximate surface area is 149 Å². The summed E-state index contributed by atoms with van der Waals surface area (Å²) >= 11 is 0. The van der Waals surface area contributed by atoms with Gasteiger partial charge in [0.05, 0.1) is 12.5 Å². The number of ether oxygens (including phenoxy) is 1. The maximum atomic E-state index is 12.5. The maximum Gasteiger partial charge on any atom is 0.225 e. The zero-order valence-corrected chi connectivity index (χ0v) is 15.3. The van der Waals surface area contributed by atoms with Gasteiger partial charge in [-0.3, -0.25) is 4.79 Å². The molecule has 0 bridgehead atoms. The summed E-state index contributed by atoms with van der Waals surface area (Å²) in [5.74, 6) is 2.47. The van der Waals surface area contributed by atoms with Crippen LogP contribution in [-0.4, -0.2) is 22.1 Å². The molecule has 1 atom stereocenters. The van der Waals surface area contributed by atoms with Gasteiger partial charge in [-0.2, -0.15) is 0 Å². The zero-order valence-electron chi connectivity index (χ0n) is 15.3. The molecule has 0 fully saturated rings. The average molecular weight is 341 g/mol. The lowest BCUT2D eigenvalue weighted by atomic mass is 9.97. The Hall–Kier alpha value is -2.30. The third kappa shape index (κ3) is 4.41. The van der Waals surface area contributed by atoms with Crippen molar-refractivity contribution in [3.63, 3.8) is 0 Å². The molecule has 2 heterocycles. The van der Waals surface area contributed by atoms with E-state index in [9.17, 15) is 4.79 Å². The number of hydrogen-bond donors (Lipinski definition) is 1. The largest absolute Gasteiger partial charge is 0.493 e. The van der Waals surface area contributed by atoms with Gasteiger partial charge in [0.1, 0.15) is 11.6 Å². The molecule has 1 aliphatic heterocycles. The number of nitrogens with zero attached hydrogens (tertiary/aromatic N) is 2. The highest BCUT2D eigenvalue weighted by Crippen LogP contribution is 2.22. The summed E-state index contributed by atoms with van der Waals surface area (Å²) in [4.78, 5) is 16.9. The molecule has 1 aromatic carbocycles. The number of hydrogen-bond acceptors (Lipinski definition) is 3. The van der Waals surface area contributed by atoms with E-state index in [2.05, 4.69) is 28.7 Å². The van der Waals surface area contributed by atoms with Gasteiger partial charge in [0, 0.05) is 25.0 Å². The molecule has 5 heteroatoms. The minimum absolute atomic E-state index is 0.0146. The standard InChI is InChI=1S/C20H27N3O2/c1-14(2)13-25-19-6-4-5-16(9-19)10-22-20(24)17-7-8-18-11-21-15(3)23(18)12-17/h4-6,9,11,14,17H,7-8,10,12-13H2,1-3H3,(H,22,24). The Morgan fingerprint density at radius 2 is 2.28 bits per heavy atom. The van der Waals surface area contributed by atoms with E-state index in [0.717, 1.165) is 36.5 Å². The lowest BCUT2D eigenvalue weighted by Crippen LogP contribution is -2.35. The van der Waals surface area contributed by atoms with E-state index >= 15 is 0 Å². The van der Waals surface area contributed by atoms with Crippen molar-refractivity contribution < 1.29 is 9.53 Å². The predicted octanol–water partition coefficient (Wildman–Crippen LogP) is 3.11. The van der Waals surface area contributed by atoms with E-state index < -0.39 is 0 Å². The van der Waals surface area contributed by atoms with Crippen molar-refractivity contribution in [2.24, 2.45) is 11.8 Å². The summed E-state index contributed by atoms with van der Waals surface area (Å²) in [6.07, 6.45) is 3.72. The summed E-state index contributed by atoms with van der Waals surface area (Å²) in [6, 6.07) is 7.94. The highest BCUT2D eigenvalue weighted by Gasteiger charge is 2.25. The monoisotopic (exact) mass is 341 g/mol. The number of aryl methyl sites for hydroxylation is 2. The van der Waals surface area contributed by atoms with Crippen LogP contribution < -0.4 is 10.1 Å². The Kier molecular flexibility index (Phi) is 5.41. The quantitative estimate of drug-likeness (QED) is 0.878. The van der Waals surface area contributed by atoms with E-state index in [4.69, 9.17) is 4.74 Å². The molecule has 134 valence electrons. The Balaban J connectivity index is 1.54. The molecule has 1 amide bonds. The number of amides is 1. The van der Waals surface area contributed by atoms with Crippen molar-refractivity contribution in [1.29, 1.82) is 0 Å². The Morgan fingerprint density at radius 1 is 1.44 bits per heavy atom. The Morgan fingerprint density at radius 3 is 3.08 bits per heavy atom. The second-order valence-corrected chi connectivity index (χ2v) is 7.21. The molecule has 5 nitrogen and oxygen atoms in total. The molecule has 25 heavy (non-hydrogen) atoms. The lowest BCUT2D eigenvalue weighted by molar-refractivity contribution is -0.126. The average Bonchev–Trinajstić information content (AvgIpc) is 2.99. The molecule has 1 N–H and O–H groups in total. The fourth-order valence-corrected chi connectivity index (χ4v) is 3.15. The smallest absolute Gasteiger partial charge is 0.225 e. The molecule has 0 saturated carbocycles. The summed E-state index contributed by atoms with van der Waals surface area (Å²) in [7, 11) is 0. The maximum absolute atomic E-state index is 12.5. The van der Waals surface area contributed by atoms with Gasteiger partial charge in [0.2, 0.25) is 5.91 Å². The number of imidazole rings is 1. The third-order valence-electron chi connectivity index (χ3n) is 4.61. The first-order valence-corrected chi connectivity index (χ1v) is 9.03. The normalized spacial score (nSPS) is 16.6. The van der Waals surface area contributed by atoms with Gasteiger partial charge < -0.3 is 14.6 Å². The van der Waals surface area contributed by atoms with Crippen LogP contribution in [0.2, 0.25) is 0 Å². The summed E-state index contributed by atoms with van der Waals surface area (Å²) in [5, 5.41) is 3.07. The second-order valence-electron chi connectivity index (χ2n) is 7.21. The van der Waals surface area contributed by atoms with Crippen LogP contribution in [0.4, 0.5) is 0 Å². The molecule has 1 aliphatic rings. The van der Waals surface area contributed by atoms with Crippen LogP contribution >= 0.6 is 0 Å². The fourth-order valence-electron chi connectivity index (χ4n) is 3.15. The summed E-state index contributed by atoms with van der Waals surface area (Å²) in [6.45, 7) is 8.20. The van der Waals surface area contributed by atoms with E-state index in [0.29, 0.717) is 19.1 Å². The predicted molar refractivity (Wildman–Crippen MR) is 97.4 cm³/mol. The third-order valence-corrected chi connectivity index (χ3v) is 4.61. The number of fused-ring (bicyclic) bond motifs is 1. The van der Waals surface area contributed by atoms with Gasteiger partial charge in [0.15, 0.2) is 0 Å². The van der Waals surface area contributed by atoms with Crippen molar-refractivity contribution in [3.8, 4) is 5.75 Å². The lowest BCUT2D eigenvalue weighted by Gasteiger charge is -2.24. The number of carbonyl (C=O) groups excluding carboxylic acids is 1. The minimum Gasteiger partial charge on any atom is -0.493 e. The first-order chi connectivity index (χ1) is 12.0. The van der Waals surface area contributed by atoms with Crippen LogP contribution in [-0.2, 0) is 24.3 Å². The van der Waals surface area contributed by atoms with Crippen LogP contribution in [0.25, 0.3) is 0 Å². The molecule has 0 aliphatic carbocycles. The van der Waals surface area contributed by atoms with Gasteiger partial charge in [0.25, 0.3) is 0 Å². The van der Waals surface area contributed by atoms with Gasteiger partial charge in [-0.15, -0.1) is 0 Å². The highest BCUT2D eigenvalue weighted by atomic mass is 16.5. The van der Waals surface area contributed by atoms with E-state index in [-0.39, 0.29) is 11.8 Å². The highest BCUT2D eigenvalue weighted by molar-refractivity contribution is 5.78. The van der Waals surface area contributed by atoms with Crippen LogP contribution in [0, 0.1) is 18.8 Å². The van der Waals surface area contributed by atoms with Gasteiger partial charge in [-0.25, -0.2) is 4.98 Å². The van der Waals surface area contributed by atoms with E-state index in [1.807, 2.05) is 37.4 Å². The van der Waals surface area contributed by atoms with Crippen LogP contribution in [0.3, 0.4) is 0 Å². The van der Waals surface area contributed by atoms with Crippen LogP contribution in [0.1, 0.15) is 37.4 Å². The zero-order chi connectivity index (χ0) is 17.8. The van der Waals surface area contributed by atoms with Crippen LogP contribution in [0.5, 0.6) is 5.75 Å². The summed E-state index contributed by atoms with van der Waals surface area (Å²) in [5.41, 5.74) is 2.29. The SMILES string of the molecule is Cc1ncc2n1CC(C(=O)NCc1cccc(OCC(C)C)c1)CC2. The fraction of sp³-hybridized carbons (Fsp3) is 0.500. The minimum atomic E-state index is 0.0146. The number of rotatable bonds is 6. The first kappa shape index (κ1) is 17.5. The van der Waals surface area contributed by atoms with Crippen molar-refractivity contribution in [3.05, 3.63) is 47.5 Å². The van der Waals surface area contributed by atoms with E-state index in [1.54, 1.807) is 0 Å². The van der Waals surface area contributed by atoms with Gasteiger partial charge in [-0.1, -0.05) is 26.0 Å². The van der Waals surface area contributed by atoms with Crippen molar-refractivity contribution >= 4 is 5.91 Å². The van der Waals surface area contributed by atoms with Crippen LogP contribution in [0.15, 0.2) is 30.5 Å². The van der Waals surface area contributed by atoms with E-state index in [1.165, 1.54) is 5.69 Å². The number of carbonyl (C=O) groups is 1.